The highest BCUT2D eigenvalue weighted by Gasteiger charge is 2.16. The molecule has 0 aliphatic rings. The van der Waals surface area contributed by atoms with Crippen LogP contribution >= 0.6 is 0 Å². The Hall–Kier alpha value is -3.42. The van der Waals surface area contributed by atoms with Gasteiger partial charge in [0.1, 0.15) is 17.2 Å². The number of benzene rings is 1. The molecular formula is C17H16N2O6. The fourth-order valence-electron chi connectivity index (χ4n) is 1.96. The average molecular weight is 344 g/mol. The lowest BCUT2D eigenvalue weighted by Crippen LogP contribution is -2.20. The van der Waals surface area contributed by atoms with Crippen molar-refractivity contribution in [1.29, 1.82) is 0 Å². The summed E-state index contributed by atoms with van der Waals surface area (Å²) < 4.78 is 10.0. The molecule has 8 heteroatoms. The molecule has 0 saturated carbocycles. The van der Waals surface area contributed by atoms with Crippen molar-refractivity contribution in [2.45, 2.75) is 13.8 Å². The van der Waals surface area contributed by atoms with Crippen molar-refractivity contribution in [3.05, 3.63) is 63.6 Å². The van der Waals surface area contributed by atoms with Gasteiger partial charge in [-0.2, -0.15) is 0 Å². The first-order valence-corrected chi connectivity index (χ1v) is 7.31. The molecule has 0 bridgehead atoms. The molecule has 1 aromatic heterocycles. The van der Waals surface area contributed by atoms with Gasteiger partial charge >= 0.3 is 5.97 Å². The number of furan rings is 1. The number of amides is 1. The van der Waals surface area contributed by atoms with Crippen LogP contribution in [0.4, 0.5) is 11.4 Å². The lowest BCUT2D eigenvalue weighted by Gasteiger charge is -2.06. The zero-order valence-electron chi connectivity index (χ0n) is 13.6. The second-order valence-electron chi connectivity index (χ2n) is 5.22. The Kier molecular flexibility index (Phi) is 5.67. The molecule has 8 nitrogen and oxygen atoms in total. The minimum absolute atomic E-state index is 0.0400. The number of carbonyl (C=O) groups is 2. The summed E-state index contributed by atoms with van der Waals surface area (Å²) in [5.41, 5.74) is 0.500. The molecule has 0 radical (unpaired) electrons. The molecule has 0 aliphatic heterocycles. The van der Waals surface area contributed by atoms with E-state index in [0.29, 0.717) is 17.1 Å². The molecule has 0 unspecified atom stereocenters. The van der Waals surface area contributed by atoms with Crippen molar-refractivity contribution in [3.8, 4) is 0 Å². The van der Waals surface area contributed by atoms with Crippen molar-refractivity contribution >= 4 is 29.3 Å². The van der Waals surface area contributed by atoms with Crippen LogP contribution < -0.4 is 5.32 Å². The topological polar surface area (TPSA) is 112 Å². The van der Waals surface area contributed by atoms with Gasteiger partial charge in [0.25, 0.3) is 11.6 Å². The van der Waals surface area contributed by atoms with E-state index < -0.39 is 23.4 Å². The van der Waals surface area contributed by atoms with E-state index in [9.17, 15) is 19.7 Å². The Morgan fingerprint density at radius 2 is 2.04 bits per heavy atom. The Balaban J connectivity index is 1.89. The van der Waals surface area contributed by atoms with Gasteiger partial charge in [-0.05, 0) is 43.7 Å². The predicted molar refractivity (Wildman–Crippen MR) is 89.9 cm³/mol. The van der Waals surface area contributed by atoms with Crippen LogP contribution in [0.25, 0.3) is 6.08 Å². The van der Waals surface area contributed by atoms with Gasteiger partial charge in [-0.1, -0.05) is 6.07 Å². The minimum Gasteiger partial charge on any atom is -0.462 e. The van der Waals surface area contributed by atoms with E-state index in [4.69, 9.17) is 9.15 Å². The van der Waals surface area contributed by atoms with E-state index in [1.54, 1.807) is 32.0 Å². The number of nitrogens with zero attached hydrogens (tertiary/aromatic N) is 1. The molecule has 25 heavy (non-hydrogen) atoms. The molecule has 0 saturated heterocycles. The second kappa shape index (κ2) is 7.91. The molecule has 0 atom stereocenters. The lowest BCUT2D eigenvalue weighted by molar-refractivity contribution is -0.384. The minimum atomic E-state index is -0.734. The van der Waals surface area contributed by atoms with E-state index in [1.165, 1.54) is 18.2 Å². The van der Waals surface area contributed by atoms with Crippen LogP contribution in [0, 0.1) is 24.0 Å². The van der Waals surface area contributed by atoms with Crippen LogP contribution in [0.1, 0.15) is 17.1 Å². The fourth-order valence-corrected chi connectivity index (χ4v) is 1.96. The predicted octanol–water partition coefficient (Wildman–Crippen LogP) is 3.00. The summed E-state index contributed by atoms with van der Waals surface area (Å²) >= 11 is 0. The average Bonchev–Trinajstić information content (AvgIpc) is 2.98. The summed E-state index contributed by atoms with van der Waals surface area (Å²) in [6.07, 6.45) is 2.54. The highest BCUT2D eigenvalue weighted by molar-refractivity contribution is 5.96. The van der Waals surface area contributed by atoms with Gasteiger partial charge in [-0.25, -0.2) is 4.79 Å². The summed E-state index contributed by atoms with van der Waals surface area (Å²) in [6, 6.07) is 7.82. The maximum atomic E-state index is 11.8. The first-order valence-electron chi connectivity index (χ1n) is 7.31. The summed E-state index contributed by atoms with van der Waals surface area (Å²) in [7, 11) is 0. The zero-order chi connectivity index (χ0) is 18.4. The third kappa shape index (κ3) is 5.31. The van der Waals surface area contributed by atoms with E-state index in [0.717, 1.165) is 6.08 Å². The Morgan fingerprint density at radius 1 is 1.28 bits per heavy atom. The van der Waals surface area contributed by atoms with E-state index in [-0.39, 0.29) is 11.4 Å². The largest absolute Gasteiger partial charge is 0.462 e. The first kappa shape index (κ1) is 17.9. The highest BCUT2D eigenvalue weighted by Crippen LogP contribution is 2.25. The summed E-state index contributed by atoms with van der Waals surface area (Å²) in [4.78, 5) is 33.8. The molecule has 1 aromatic carbocycles. The van der Waals surface area contributed by atoms with Gasteiger partial charge in [0.05, 0.1) is 4.92 Å². The number of aryl methyl sites for hydroxylation is 2. The van der Waals surface area contributed by atoms with Gasteiger partial charge in [0.15, 0.2) is 6.61 Å². The van der Waals surface area contributed by atoms with Gasteiger partial charge in [-0.3, -0.25) is 14.9 Å². The number of carbonyl (C=O) groups excluding carboxylic acids is 2. The molecule has 0 spiro atoms. The number of ether oxygens (including phenoxy) is 1. The Labute approximate surface area is 143 Å². The molecule has 1 N–H and O–H groups in total. The normalized spacial score (nSPS) is 10.6. The molecule has 2 aromatic rings. The quantitative estimate of drug-likeness (QED) is 0.373. The van der Waals surface area contributed by atoms with E-state index in [1.807, 2.05) is 0 Å². The van der Waals surface area contributed by atoms with Crippen molar-refractivity contribution in [2.75, 3.05) is 11.9 Å². The van der Waals surface area contributed by atoms with Gasteiger partial charge < -0.3 is 14.5 Å². The summed E-state index contributed by atoms with van der Waals surface area (Å²) in [5.74, 6) is -0.230. The third-order valence-electron chi connectivity index (χ3n) is 3.11. The van der Waals surface area contributed by atoms with Crippen molar-refractivity contribution in [1.82, 2.24) is 0 Å². The van der Waals surface area contributed by atoms with Gasteiger partial charge in [0, 0.05) is 12.1 Å². The Morgan fingerprint density at radius 3 is 2.68 bits per heavy atom. The van der Waals surface area contributed by atoms with E-state index in [2.05, 4.69) is 5.32 Å². The summed E-state index contributed by atoms with van der Waals surface area (Å²) in [5, 5.41) is 13.3. The smallest absolute Gasteiger partial charge is 0.331 e. The van der Waals surface area contributed by atoms with Crippen LogP contribution in [0.15, 0.2) is 40.8 Å². The highest BCUT2D eigenvalue weighted by atomic mass is 16.6. The monoisotopic (exact) mass is 344 g/mol. The van der Waals surface area contributed by atoms with Crippen LogP contribution in [-0.2, 0) is 14.3 Å². The number of nitro groups is 1. The standard InChI is InChI=1S/C17H16N2O6/c1-11-3-7-14(15(9-11)19(22)23)18-16(20)10-24-17(21)8-6-13-5-4-12(2)25-13/h3-9H,10H2,1-2H3,(H,18,20). The first-order chi connectivity index (χ1) is 11.8. The SMILES string of the molecule is Cc1ccc(NC(=O)COC(=O)C=Cc2ccc(C)o2)c([N+](=O)[O-])c1. The lowest BCUT2D eigenvalue weighted by atomic mass is 10.2. The molecular weight excluding hydrogens is 328 g/mol. The number of hydrogen-bond acceptors (Lipinski definition) is 6. The molecule has 0 fully saturated rings. The number of nitrogens with one attached hydrogen (secondary N) is 1. The second-order valence-corrected chi connectivity index (χ2v) is 5.22. The Bertz CT molecular complexity index is 837. The van der Waals surface area contributed by atoms with Crippen LogP contribution in [0.2, 0.25) is 0 Å². The van der Waals surface area contributed by atoms with Crippen LogP contribution in [0.5, 0.6) is 0 Å². The molecule has 1 heterocycles. The van der Waals surface area contributed by atoms with Crippen LogP contribution in [-0.4, -0.2) is 23.4 Å². The molecule has 2 rings (SSSR count). The third-order valence-corrected chi connectivity index (χ3v) is 3.11. The van der Waals surface area contributed by atoms with Gasteiger partial charge in [-0.15, -0.1) is 0 Å². The maximum Gasteiger partial charge on any atom is 0.331 e. The number of rotatable bonds is 6. The number of nitro benzene ring substituents is 1. The van der Waals surface area contributed by atoms with Crippen molar-refractivity contribution in [3.63, 3.8) is 0 Å². The maximum absolute atomic E-state index is 11.8. The van der Waals surface area contributed by atoms with Crippen molar-refractivity contribution in [2.24, 2.45) is 0 Å². The van der Waals surface area contributed by atoms with Crippen LogP contribution in [0.3, 0.4) is 0 Å². The number of anilines is 1. The number of hydrogen-bond donors (Lipinski definition) is 1. The van der Waals surface area contributed by atoms with Crippen molar-refractivity contribution < 1.29 is 23.7 Å². The van der Waals surface area contributed by atoms with Gasteiger partial charge in [0.2, 0.25) is 0 Å². The summed E-state index contributed by atoms with van der Waals surface area (Å²) in [6.45, 7) is 2.91. The molecule has 1 amide bonds. The zero-order valence-corrected chi connectivity index (χ0v) is 13.6. The molecule has 130 valence electrons. The molecule has 0 aliphatic carbocycles. The fraction of sp³-hybridized carbons (Fsp3) is 0.176. The van der Waals surface area contributed by atoms with E-state index >= 15 is 0 Å². The number of esters is 1.